The van der Waals surface area contributed by atoms with E-state index in [0.717, 1.165) is 11.5 Å². The van der Waals surface area contributed by atoms with E-state index in [-0.39, 0.29) is 11.6 Å². The summed E-state index contributed by atoms with van der Waals surface area (Å²) in [4.78, 5) is 33.5. The summed E-state index contributed by atoms with van der Waals surface area (Å²) in [6.07, 6.45) is 0. The van der Waals surface area contributed by atoms with Crippen molar-refractivity contribution in [1.29, 1.82) is 0 Å². The minimum Gasteiger partial charge on any atom is -0.495 e. The van der Waals surface area contributed by atoms with Gasteiger partial charge in [-0.3, -0.25) is 19.6 Å². The molecule has 0 bridgehead atoms. The molecule has 2 aliphatic heterocycles. The van der Waals surface area contributed by atoms with Gasteiger partial charge in [0.15, 0.2) is 0 Å². The van der Waals surface area contributed by atoms with Crippen molar-refractivity contribution in [3.63, 3.8) is 0 Å². The number of nitrogens with zero attached hydrogens (tertiary/aromatic N) is 2. The van der Waals surface area contributed by atoms with Crippen LogP contribution in [0.4, 0.5) is 0 Å². The van der Waals surface area contributed by atoms with Crippen molar-refractivity contribution in [1.82, 2.24) is 0 Å². The molecule has 3 rings (SSSR count). The zero-order valence-electron chi connectivity index (χ0n) is 12.0. The van der Waals surface area contributed by atoms with Gasteiger partial charge >= 0.3 is 0 Å². The molecule has 5 nitrogen and oxygen atoms in total. The summed E-state index contributed by atoms with van der Waals surface area (Å²) >= 11 is 2.87. The monoisotopic (exact) mass is 334 g/mol. The summed E-state index contributed by atoms with van der Waals surface area (Å²) in [7, 11) is 1.47. The maximum atomic E-state index is 12.5. The normalized spacial score (nSPS) is 17.1. The number of aliphatic imine (C=N–C) groups is 2. The quantitative estimate of drug-likeness (QED) is 0.773. The third-order valence-electron chi connectivity index (χ3n) is 3.27. The van der Waals surface area contributed by atoms with Crippen LogP contribution >= 0.6 is 23.5 Å². The van der Waals surface area contributed by atoms with Crippen LogP contribution in [0.25, 0.3) is 0 Å². The molecule has 1 aromatic rings. The summed E-state index contributed by atoms with van der Waals surface area (Å²) in [6, 6.07) is 5.04. The molecule has 0 fully saturated rings. The first-order valence-corrected chi connectivity index (χ1v) is 8.80. The van der Waals surface area contributed by atoms with Gasteiger partial charge in [0.1, 0.15) is 15.8 Å². The number of thioether (sulfide) groups is 2. The van der Waals surface area contributed by atoms with Crippen molar-refractivity contribution < 1.29 is 14.3 Å². The summed E-state index contributed by atoms with van der Waals surface area (Å²) < 4.78 is 5.37. The number of hydrogen-bond donors (Lipinski definition) is 0. The number of carbonyl (C=O) groups is 2. The van der Waals surface area contributed by atoms with Crippen LogP contribution in [-0.2, 0) is 0 Å². The second-order valence-electron chi connectivity index (χ2n) is 4.62. The van der Waals surface area contributed by atoms with E-state index < -0.39 is 0 Å². The Bertz CT molecular complexity index is 644. The summed E-state index contributed by atoms with van der Waals surface area (Å²) in [6.45, 7) is 1.31. The molecular weight excluding hydrogens is 320 g/mol. The van der Waals surface area contributed by atoms with E-state index in [2.05, 4.69) is 9.98 Å². The highest BCUT2D eigenvalue weighted by Gasteiger charge is 2.27. The number of benzene rings is 1. The van der Waals surface area contributed by atoms with Gasteiger partial charge in [-0.1, -0.05) is 6.07 Å². The SMILES string of the molecule is COc1c(C(=O)C2=NCCS2)cccc1C(=O)C1=NCCS1. The maximum absolute atomic E-state index is 12.5. The minimum absolute atomic E-state index is 0.185. The van der Waals surface area contributed by atoms with Gasteiger partial charge in [0.2, 0.25) is 11.6 Å². The van der Waals surface area contributed by atoms with E-state index in [4.69, 9.17) is 4.74 Å². The zero-order valence-corrected chi connectivity index (χ0v) is 13.6. The molecule has 0 saturated carbocycles. The Morgan fingerprint density at radius 3 is 1.86 bits per heavy atom. The van der Waals surface area contributed by atoms with Gasteiger partial charge in [-0.2, -0.15) is 0 Å². The Labute approximate surface area is 136 Å². The van der Waals surface area contributed by atoms with E-state index >= 15 is 0 Å². The molecule has 22 heavy (non-hydrogen) atoms. The van der Waals surface area contributed by atoms with Gasteiger partial charge in [0.25, 0.3) is 0 Å². The largest absolute Gasteiger partial charge is 0.495 e. The maximum Gasteiger partial charge on any atom is 0.221 e. The van der Waals surface area contributed by atoms with Crippen molar-refractivity contribution in [3.05, 3.63) is 29.3 Å². The van der Waals surface area contributed by atoms with Crippen LogP contribution in [-0.4, -0.2) is 53.4 Å². The number of carbonyl (C=O) groups excluding carboxylic acids is 2. The lowest BCUT2D eigenvalue weighted by atomic mass is 10.0. The standard InChI is InChI=1S/C15H14N2O3S2/c1-20-13-9(11(18)14-16-5-7-21-14)3-2-4-10(13)12(19)15-17-6-8-22-15/h2-4H,5-8H2,1H3. The molecule has 0 unspecified atom stereocenters. The molecule has 2 heterocycles. The van der Waals surface area contributed by atoms with Crippen LogP contribution in [0.2, 0.25) is 0 Å². The lowest BCUT2D eigenvalue weighted by Crippen LogP contribution is -2.15. The molecule has 0 radical (unpaired) electrons. The first kappa shape index (κ1) is 15.3. The topological polar surface area (TPSA) is 68.1 Å². The van der Waals surface area contributed by atoms with E-state index in [0.29, 0.717) is 40.1 Å². The highest BCUT2D eigenvalue weighted by atomic mass is 32.2. The van der Waals surface area contributed by atoms with Crippen molar-refractivity contribution >= 4 is 45.2 Å². The lowest BCUT2D eigenvalue weighted by molar-refractivity contribution is 0.106. The van der Waals surface area contributed by atoms with Crippen LogP contribution in [0.1, 0.15) is 20.7 Å². The van der Waals surface area contributed by atoms with Gasteiger partial charge in [0.05, 0.1) is 18.2 Å². The molecule has 1 aromatic carbocycles. The second kappa shape index (κ2) is 6.66. The van der Waals surface area contributed by atoms with Crippen LogP contribution in [0.5, 0.6) is 5.75 Å². The fourth-order valence-corrected chi connectivity index (χ4v) is 3.89. The minimum atomic E-state index is -0.185. The number of ether oxygens (including phenoxy) is 1. The number of hydrogen-bond acceptors (Lipinski definition) is 7. The van der Waals surface area contributed by atoms with Gasteiger partial charge in [-0.25, -0.2) is 0 Å². The number of Topliss-reactive ketones (excluding diaryl/α,β-unsaturated/α-hetero) is 2. The Hall–Kier alpha value is -1.60. The Balaban J connectivity index is 2.00. The first-order valence-electron chi connectivity index (χ1n) is 6.83. The van der Waals surface area contributed by atoms with Crippen LogP contribution < -0.4 is 4.74 Å². The number of rotatable bonds is 5. The van der Waals surface area contributed by atoms with Gasteiger partial charge in [-0.05, 0) is 12.1 Å². The van der Waals surface area contributed by atoms with E-state index in [1.165, 1.54) is 30.6 Å². The molecule has 0 N–H and O–H groups in total. The fourth-order valence-electron chi connectivity index (χ4n) is 2.29. The van der Waals surface area contributed by atoms with E-state index in [9.17, 15) is 9.59 Å². The number of ketones is 2. The molecule has 114 valence electrons. The predicted molar refractivity (Wildman–Crippen MR) is 91.2 cm³/mol. The van der Waals surface area contributed by atoms with E-state index in [1.54, 1.807) is 18.2 Å². The number of methoxy groups -OCH3 is 1. The fraction of sp³-hybridized carbons (Fsp3) is 0.333. The Morgan fingerprint density at radius 2 is 1.50 bits per heavy atom. The number of para-hydroxylation sites is 1. The molecule has 0 saturated heterocycles. The van der Waals surface area contributed by atoms with E-state index in [1.807, 2.05) is 0 Å². The molecule has 0 aliphatic carbocycles. The third-order valence-corrected chi connectivity index (χ3v) is 5.22. The second-order valence-corrected chi connectivity index (χ2v) is 6.78. The molecule has 0 spiro atoms. The Kier molecular flexibility index (Phi) is 4.63. The van der Waals surface area contributed by atoms with Crippen LogP contribution in [0.3, 0.4) is 0 Å². The zero-order chi connectivity index (χ0) is 15.5. The lowest BCUT2D eigenvalue weighted by Gasteiger charge is -2.12. The third kappa shape index (κ3) is 2.83. The Morgan fingerprint density at radius 1 is 1.00 bits per heavy atom. The van der Waals surface area contributed by atoms with Crippen LogP contribution in [0, 0.1) is 0 Å². The summed E-state index contributed by atoms with van der Waals surface area (Å²) in [5, 5.41) is 0.964. The van der Waals surface area contributed by atoms with Crippen LogP contribution in [0.15, 0.2) is 28.2 Å². The molecule has 7 heteroatoms. The van der Waals surface area contributed by atoms with Crippen molar-refractivity contribution in [3.8, 4) is 5.75 Å². The van der Waals surface area contributed by atoms with Crippen molar-refractivity contribution in [2.24, 2.45) is 9.98 Å². The molecule has 0 amide bonds. The highest BCUT2D eigenvalue weighted by Crippen LogP contribution is 2.29. The summed E-state index contributed by atoms with van der Waals surface area (Å²) in [5.74, 6) is 1.57. The van der Waals surface area contributed by atoms with Gasteiger partial charge in [0, 0.05) is 24.6 Å². The molecule has 0 atom stereocenters. The van der Waals surface area contributed by atoms with Gasteiger partial charge < -0.3 is 4.74 Å². The molecular formula is C15H14N2O3S2. The average Bonchev–Trinajstić information content (AvgIpc) is 3.25. The first-order chi connectivity index (χ1) is 10.7. The summed E-state index contributed by atoms with van der Waals surface area (Å²) in [5.41, 5.74) is 0.759. The molecule has 2 aliphatic rings. The van der Waals surface area contributed by atoms with Gasteiger partial charge in [-0.15, -0.1) is 23.5 Å². The van der Waals surface area contributed by atoms with Crippen molar-refractivity contribution in [2.45, 2.75) is 0 Å². The highest BCUT2D eigenvalue weighted by molar-refractivity contribution is 8.16. The average molecular weight is 334 g/mol. The molecule has 0 aromatic heterocycles. The predicted octanol–water partition coefficient (Wildman–Crippen LogP) is 2.35. The smallest absolute Gasteiger partial charge is 0.221 e. The van der Waals surface area contributed by atoms with Crippen molar-refractivity contribution in [2.75, 3.05) is 31.7 Å².